The van der Waals surface area contributed by atoms with Crippen molar-refractivity contribution in [1.29, 1.82) is 0 Å². The quantitative estimate of drug-likeness (QED) is 0.894. The molecule has 0 amide bonds. The lowest BCUT2D eigenvalue weighted by atomic mass is 10.1. The van der Waals surface area contributed by atoms with Crippen LogP contribution in [0.1, 0.15) is 37.3 Å². The van der Waals surface area contributed by atoms with E-state index in [-0.39, 0.29) is 6.04 Å². The molecule has 1 heterocycles. The summed E-state index contributed by atoms with van der Waals surface area (Å²) in [6, 6.07) is 5.52. The van der Waals surface area contributed by atoms with E-state index in [4.69, 9.17) is 9.47 Å². The van der Waals surface area contributed by atoms with Gasteiger partial charge in [-0.05, 0) is 47.5 Å². The molecule has 0 saturated carbocycles. The van der Waals surface area contributed by atoms with E-state index in [0.29, 0.717) is 11.5 Å². The summed E-state index contributed by atoms with van der Waals surface area (Å²) in [6.45, 7) is 4.04. The first-order valence-corrected chi connectivity index (χ1v) is 7.41. The Bertz CT molecular complexity index is 625. The first-order valence-electron chi connectivity index (χ1n) is 6.62. The summed E-state index contributed by atoms with van der Waals surface area (Å²) in [5.41, 5.74) is 1.44. The fraction of sp³-hybridized carbons (Fsp3) is 0.400. The molecule has 0 aliphatic rings. The average molecular weight is 355 g/mol. The van der Waals surface area contributed by atoms with Crippen LogP contribution in [0.4, 0.5) is 0 Å². The molecule has 0 spiro atoms. The molecule has 6 heteroatoms. The van der Waals surface area contributed by atoms with Crippen molar-refractivity contribution in [1.82, 2.24) is 9.78 Å². The largest absolute Gasteiger partial charge is 0.493 e. The molecule has 0 fully saturated rings. The van der Waals surface area contributed by atoms with Gasteiger partial charge in [0.25, 0.3) is 0 Å². The molecule has 1 aromatic heterocycles. The smallest absolute Gasteiger partial charge is 0.161 e. The molecule has 114 valence electrons. The summed E-state index contributed by atoms with van der Waals surface area (Å²) < 4.78 is 13.1. The highest BCUT2D eigenvalue weighted by Gasteiger charge is 2.22. The van der Waals surface area contributed by atoms with Crippen LogP contribution in [0.2, 0.25) is 0 Å². The summed E-state index contributed by atoms with van der Waals surface area (Å²) in [6.07, 6.45) is 0.892. The zero-order valence-electron chi connectivity index (χ0n) is 12.5. The summed E-state index contributed by atoms with van der Waals surface area (Å²) in [7, 11) is 3.15. The molecular weight excluding hydrogens is 336 g/mol. The Balaban J connectivity index is 2.45. The number of hydrogen-bond acceptors (Lipinski definition) is 4. The van der Waals surface area contributed by atoms with Crippen LogP contribution in [0.3, 0.4) is 0 Å². The van der Waals surface area contributed by atoms with E-state index in [2.05, 4.69) is 21.0 Å². The fourth-order valence-electron chi connectivity index (χ4n) is 2.20. The van der Waals surface area contributed by atoms with E-state index >= 15 is 0 Å². The Morgan fingerprint density at radius 1 is 1.19 bits per heavy atom. The number of aromatic nitrogens is 2. The average Bonchev–Trinajstić information content (AvgIpc) is 2.87. The molecule has 5 nitrogen and oxygen atoms in total. The predicted molar refractivity (Wildman–Crippen MR) is 83.9 cm³/mol. The van der Waals surface area contributed by atoms with Crippen molar-refractivity contribution in [2.45, 2.75) is 26.0 Å². The first kappa shape index (κ1) is 15.9. The lowest BCUT2D eigenvalue weighted by Crippen LogP contribution is -2.12. The first-order chi connectivity index (χ1) is 9.99. The van der Waals surface area contributed by atoms with Crippen molar-refractivity contribution in [2.75, 3.05) is 14.2 Å². The lowest BCUT2D eigenvalue weighted by Gasteiger charge is -2.18. The zero-order valence-corrected chi connectivity index (χ0v) is 14.1. The third-order valence-corrected chi connectivity index (χ3v) is 3.87. The molecular formula is C15H19BrN2O3. The van der Waals surface area contributed by atoms with Crippen LogP contribution >= 0.6 is 15.9 Å². The number of ether oxygens (including phenoxy) is 2. The van der Waals surface area contributed by atoms with Gasteiger partial charge in [-0.2, -0.15) is 5.10 Å². The van der Waals surface area contributed by atoms with Crippen molar-refractivity contribution in [3.63, 3.8) is 0 Å². The minimum absolute atomic E-state index is 0.154. The van der Waals surface area contributed by atoms with Crippen molar-refractivity contribution in [3.05, 3.63) is 40.1 Å². The van der Waals surface area contributed by atoms with E-state index in [1.54, 1.807) is 37.2 Å². The minimum Gasteiger partial charge on any atom is -0.493 e. The second-order valence-electron chi connectivity index (χ2n) is 4.93. The number of halogens is 1. The summed E-state index contributed by atoms with van der Waals surface area (Å²) in [5.74, 6) is 1.21. The van der Waals surface area contributed by atoms with Crippen LogP contribution in [-0.2, 0) is 0 Å². The Labute approximate surface area is 132 Å². The van der Waals surface area contributed by atoms with Gasteiger partial charge in [0.2, 0.25) is 0 Å². The maximum atomic E-state index is 10.7. The number of benzene rings is 1. The lowest BCUT2D eigenvalue weighted by molar-refractivity contribution is 0.203. The third-order valence-electron chi connectivity index (χ3n) is 3.26. The van der Waals surface area contributed by atoms with Crippen molar-refractivity contribution in [2.24, 2.45) is 0 Å². The van der Waals surface area contributed by atoms with Gasteiger partial charge in [-0.1, -0.05) is 6.07 Å². The fourth-order valence-corrected chi connectivity index (χ4v) is 2.69. The highest BCUT2D eigenvalue weighted by Crippen LogP contribution is 2.35. The summed E-state index contributed by atoms with van der Waals surface area (Å²) in [5, 5.41) is 15.0. The highest BCUT2D eigenvalue weighted by atomic mass is 79.9. The molecule has 2 rings (SSSR count). The number of rotatable bonds is 5. The summed E-state index contributed by atoms with van der Waals surface area (Å²) >= 11 is 3.45. The molecule has 0 aliphatic carbocycles. The molecule has 0 aliphatic heterocycles. The molecule has 0 saturated heterocycles. The molecule has 1 atom stereocenters. The Morgan fingerprint density at radius 2 is 1.86 bits per heavy atom. The van der Waals surface area contributed by atoms with Gasteiger partial charge in [0, 0.05) is 6.04 Å². The van der Waals surface area contributed by atoms with Gasteiger partial charge < -0.3 is 14.6 Å². The Morgan fingerprint density at radius 3 is 2.43 bits per heavy atom. The van der Waals surface area contributed by atoms with E-state index in [1.165, 1.54) is 0 Å². The second-order valence-corrected chi connectivity index (χ2v) is 5.79. The van der Waals surface area contributed by atoms with Crippen molar-refractivity contribution < 1.29 is 14.6 Å². The predicted octanol–water partition coefficient (Wildman–Crippen LogP) is 3.33. The van der Waals surface area contributed by atoms with Gasteiger partial charge in [-0.3, -0.25) is 4.68 Å². The van der Waals surface area contributed by atoms with E-state index in [1.807, 2.05) is 19.9 Å². The van der Waals surface area contributed by atoms with E-state index in [9.17, 15) is 5.11 Å². The molecule has 1 N–H and O–H groups in total. The Hall–Kier alpha value is -1.53. The SMILES string of the molecule is COc1ccc(C(O)c2c(Br)cnn2C(C)C)cc1OC. The van der Waals surface area contributed by atoms with Gasteiger partial charge in [-0.25, -0.2) is 0 Å². The van der Waals surface area contributed by atoms with Gasteiger partial charge in [0.05, 0.1) is 30.6 Å². The third kappa shape index (κ3) is 3.06. The molecule has 21 heavy (non-hydrogen) atoms. The van der Waals surface area contributed by atoms with Crippen LogP contribution in [0.5, 0.6) is 11.5 Å². The molecule has 1 unspecified atom stereocenters. The molecule has 2 aromatic rings. The van der Waals surface area contributed by atoms with Gasteiger partial charge in [0.15, 0.2) is 11.5 Å². The summed E-state index contributed by atoms with van der Waals surface area (Å²) in [4.78, 5) is 0. The number of aliphatic hydroxyl groups is 1. The zero-order chi connectivity index (χ0) is 15.6. The number of nitrogens with zero attached hydrogens (tertiary/aromatic N) is 2. The molecule has 0 bridgehead atoms. The minimum atomic E-state index is -0.802. The van der Waals surface area contributed by atoms with Gasteiger partial charge in [0.1, 0.15) is 6.10 Å². The van der Waals surface area contributed by atoms with Gasteiger partial charge in [-0.15, -0.1) is 0 Å². The maximum absolute atomic E-state index is 10.7. The topological polar surface area (TPSA) is 56.5 Å². The van der Waals surface area contributed by atoms with Crippen LogP contribution in [0.25, 0.3) is 0 Å². The number of hydrogen-bond donors (Lipinski definition) is 1. The van der Waals surface area contributed by atoms with Crippen LogP contribution in [-0.4, -0.2) is 29.1 Å². The Kier molecular flexibility index (Phi) is 4.90. The van der Waals surface area contributed by atoms with E-state index < -0.39 is 6.10 Å². The van der Waals surface area contributed by atoms with E-state index in [0.717, 1.165) is 15.7 Å². The molecule has 1 aromatic carbocycles. The van der Waals surface area contributed by atoms with Crippen molar-refractivity contribution in [3.8, 4) is 11.5 Å². The van der Waals surface area contributed by atoms with Crippen LogP contribution in [0.15, 0.2) is 28.9 Å². The van der Waals surface area contributed by atoms with Crippen LogP contribution < -0.4 is 9.47 Å². The number of aliphatic hydroxyl groups excluding tert-OH is 1. The standard InChI is InChI=1S/C15H19BrN2O3/c1-9(2)18-14(11(16)8-17-18)15(19)10-5-6-12(20-3)13(7-10)21-4/h5-9,15,19H,1-4H3. The monoisotopic (exact) mass is 354 g/mol. The van der Waals surface area contributed by atoms with Gasteiger partial charge >= 0.3 is 0 Å². The second kappa shape index (κ2) is 6.49. The maximum Gasteiger partial charge on any atom is 0.161 e. The van der Waals surface area contributed by atoms with Crippen LogP contribution in [0, 0.1) is 0 Å². The number of methoxy groups -OCH3 is 2. The highest BCUT2D eigenvalue weighted by molar-refractivity contribution is 9.10. The molecule has 0 radical (unpaired) electrons. The van der Waals surface area contributed by atoms with Crippen molar-refractivity contribution >= 4 is 15.9 Å². The normalized spacial score (nSPS) is 12.5.